The monoisotopic (exact) mass is 600 g/mol. The third-order valence-electron chi connectivity index (χ3n) is 8.05. The summed E-state index contributed by atoms with van der Waals surface area (Å²) in [5, 5.41) is 20.7. The van der Waals surface area contributed by atoms with Crippen molar-refractivity contribution < 1.29 is 33.4 Å². The third kappa shape index (κ3) is 6.73. The number of carbonyl (C=O) groups is 2. The number of anilines is 2. The summed E-state index contributed by atoms with van der Waals surface area (Å²) in [5.74, 6) is 1.18. The van der Waals surface area contributed by atoms with Crippen molar-refractivity contribution in [2.45, 2.75) is 89.6 Å². The molecule has 2 saturated heterocycles. The summed E-state index contributed by atoms with van der Waals surface area (Å²) in [4.78, 5) is 39.7. The largest absolute Gasteiger partial charge is 0.457 e. The number of rotatable bonds is 15. The Morgan fingerprint density at radius 3 is 2.53 bits per heavy atom. The van der Waals surface area contributed by atoms with Gasteiger partial charge in [-0.15, -0.1) is 0 Å². The van der Waals surface area contributed by atoms with E-state index in [-0.39, 0.29) is 30.4 Å². The van der Waals surface area contributed by atoms with Crippen molar-refractivity contribution in [3.05, 3.63) is 23.8 Å². The van der Waals surface area contributed by atoms with Gasteiger partial charge in [-0.25, -0.2) is 4.98 Å². The van der Waals surface area contributed by atoms with Gasteiger partial charge in [-0.1, -0.05) is 25.4 Å². The van der Waals surface area contributed by atoms with E-state index in [2.05, 4.69) is 39.5 Å². The van der Waals surface area contributed by atoms with Gasteiger partial charge in [0.05, 0.1) is 12.4 Å². The fraction of sp³-hybridized carbons (Fsp3) is 0.643. The number of aliphatic hydroxyl groups is 1. The lowest BCUT2D eigenvalue weighted by atomic mass is 10.1. The number of nitrogens with one attached hydrogen (secondary N) is 2. The quantitative estimate of drug-likeness (QED) is 0.217. The molecule has 3 aromatic rings. The molecule has 3 aromatic heterocycles. The molecular formula is C28H40N8O7. The van der Waals surface area contributed by atoms with Gasteiger partial charge < -0.3 is 39.4 Å². The first-order valence-corrected chi connectivity index (χ1v) is 14.9. The zero-order valence-corrected chi connectivity index (χ0v) is 24.7. The van der Waals surface area contributed by atoms with E-state index in [4.69, 9.17) is 28.7 Å². The van der Waals surface area contributed by atoms with E-state index in [0.29, 0.717) is 29.5 Å². The highest BCUT2D eigenvalue weighted by molar-refractivity contribution is 5.84. The van der Waals surface area contributed by atoms with Crippen molar-refractivity contribution in [2.24, 2.45) is 0 Å². The van der Waals surface area contributed by atoms with Gasteiger partial charge in [0, 0.05) is 25.2 Å². The minimum Gasteiger partial charge on any atom is -0.457 e. The number of hydrogen-bond acceptors (Lipinski definition) is 14. The van der Waals surface area contributed by atoms with Gasteiger partial charge in [0.2, 0.25) is 5.95 Å². The summed E-state index contributed by atoms with van der Waals surface area (Å²) in [7, 11) is 0. The molecule has 0 bridgehead atoms. The van der Waals surface area contributed by atoms with Crippen LogP contribution < -0.4 is 10.6 Å². The van der Waals surface area contributed by atoms with Crippen LogP contribution in [0.25, 0.3) is 11.2 Å². The molecule has 0 aliphatic carbocycles. The van der Waals surface area contributed by atoms with E-state index in [1.807, 2.05) is 0 Å². The number of likely N-dealkylation sites (tertiary alicyclic amines) is 1. The van der Waals surface area contributed by atoms with Gasteiger partial charge in [0.15, 0.2) is 47.3 Å². The number of fused-ring (bicyclic) bond motifs is 1. The Kier molecular flexibility index (Phi) is 10.0. The lowest BCUT2D eigenvalue weighted by molar-refractivity contribution is -0.151. The second-order valence-electron chi connectivity index (χ2n) is 10.9. The highest BCUT2D eigenvalue weighted by atomic mass is 16.6. The molecule has 0 amide bonds. The molecular weight excluding hydrogens is 560 g/mol. The third-order valence-corrected chi connectivity index (χ3v) is 8.05. The summed E-state index contributed by atoms with van der Waals surface area (Å²) >= 11 is 0. The minimum absolute atomic E-state index is 0.169. The van der Waals surface area contributed by atoms with Crippen LogP contribution in [-0.2, 0) is 23.8 Å². The highest BCUT2D eigenvalue weighted by Crippen LogP contribution is 2.43. The molecule has 15 heteroatoms. The smallest absolute Gasteiger partial charge is 0.293 e. The van der Waals surface area contributed by atoms with Crippen molar-refractivity contribution in [2.75, 3.05) is 36.8 Å². The molecule has 0 saturated carbocycles. The predicted octanol–water partition coefficient (Wildman–Crippen LogP) is 2.72. The maximum absolute atomic E-state index is 11.6. The number of imidazole rings is 1. The second-order valence-corrected chi connectivity index (χ2v) is 10.9. The fourth-order valence-corrected chi connectivity index (χ4v) is 5.63. The van der Waals surface area contributed by atoms with Gasteiger partial charge in [0.25, 0.3) is 12.9 Å². The van der Waals surface area contributed by atoms with Gasteiger partial charge in [0.1, 0.15) is 5.69 Å². The van der Waals surface area contributed by atoms with E-state index in [9.17, 15) is 14.7 Å². The number of hydrogen-bond donors (Lipinski definition) is 3. The van der Waals surface area contributed by atoms with Crippen LogP contribution >= 0.6 is 0 Å². The molecule has 15 nitrogen and oxygen atoms in total. The van der Waals surface area contributed by atoms with Crippen LogP contribution in [0.15, 0.2) is 16.9 Å². The van der Waals surface area contributed by atoms with Crippen LogP contribution in [0.1, 0.15) is 82.8 Å². The molecule has 1 unspecified atom stereocenters. The number of carbonyl (C=O) groups excluding carboxylic acids is 2. The lowest BCUT2D eigenvalue weighted by Crippen LogP contribution is -2.34. The topological polar surface area (TPSA) is 179 Å². The summed E-state index contributed by atoms with van der Waals surface area (Å²) in [5.41, 5.74) is 1.22. The molecule has 0 aromatic carbocycles. The van der Waals surface area contributed by atoms with Crippen molar-refractivity contribution in [1.82, 2.24) is 29.6 Å². The van der Waals surface area contributed by atoms with Crippen LogP contribution in [0.5, 0.6) is 0 Å². The van der Waals surface area contributed by atoms with Crippen LogP contribution in [0.3, 0.4) is 0 Å². The SMILES string of the molecule is CCC(CC)Nc1nc(NCCN2CCCCC2)nc2c1ncn2[C@@H]1O[C@H](c2cc(C(C)O)no2)[C@@H](OC=O)[C@H]1OC=O. The number of aromatic nitrogens is 5. The van der Waals surface area contributed by atoms with E-state index in [1.165, 1.54) is 31.7 Å². The van der Waals surface area contributed by atoms with Gasteiger partial charge in [-0.05, 0) is 45.7 Å². The Balaban J connectivity index is 1.50. The summed E-state index contributed by atoms with van der Waals surface area (Å²) < 4.78 is 24.1. The second kappa shape index (κ2) is 14.1. The van der Waals surface area contributed by atoms with E-state index < -0.39 is 30.6 Å². The Hall–Kier alpha value is -3.82. The predicted molar refractivity (Wildman–Crippen MR) is 154 cm³/mol. The Morgan fingerprint density at radius 1 is 1.12 bits per heavy atom. The standard InChI is InChI=1S/C28H40N8O7/c1-4-18(5-2)31-25-21-26(33-28(32-25)29-9-12-35-10-7-6-8-11-35)36(14-30-21)27-24(41-16-38)23(40-15-37)22(42-27)20-13-19(17(3)39)34-43-20/h13-18,22-24,27,39H,4-12H2,1-3H3,(H2,29,31,32,33)/t17?,22-,23-,24-,27-/m1/s1. The lowest BCUT2D eigenvalue weighted by Gasteiger charge is -2.26. The van der Waals surface area contributed by atoms with Crippen molar-refractivity contribution in [3.63, 3.8) is 0 Å². The van der Waals surface area contributed by atoms with Gasteiger partial charge >= 0.3 is 0 Å². The molecule has 3 N–H and O–H groups in total. The van der Waals surface area contributed by atoms with Gasteiger partial charge in [-0.3, -0.25) is 14.2 Å². The number of nitrogens with zero attached hydrogens (tertiary/aromatic N) is 6. The molecule has 0 radical (unpaired) electrons. The number of piperidine rings is 1. The molecule has 2 aliphatic rings. The average molecular weight is 601 g/mol. The van der Waals surface area contributed by atoms with E-state index >= 15 is 0 Å². The highest BCUT2D eigenvalue weighted by Gasteiger charge is 2.52. The molecule has 5 atom stereocenters. The van der Waals surface area contributed by atoms with E-state index in [1.54, 1.807) is 11.5 Å². The number of aliphatic hydroxyl groups excluding tert-OH is 1. The normalized spacial score (nSPS) is 23.4. The fourth-order valence-electron chi connectivity index (χ4n) is 5.63. The van der Waals surface area contributed by atoms with Gasteiger partial charge in [-0.2, -0.15) is 9.97 Å². The van der Waals surface area contributed by atoms with Crippen LogP contribution in [0.2, 0.25) is 0 Å². The molecule has 2 aliphatic heterocycles. The molecule has 43 heavy (non-hydrogen) atoms. The van der Waals surface area contributed by atoms with Crippen LogP contribution in [0.4, 0.5) is 11.8 Å². The van der Waals surface area contributed by atoms with E-state index in [0.717, 1.165) is 32.5 Å². The summed E-state index contributed by atoms with van der Waals surface area (Å²) in [6.45, 7) is 9.97. The first-order valence-electron chi connectivity index (χ1n) is 14.9. The molecule has 2 fully saturated rings. The Morgan fingerprint density at radius 2 is 1.86 bits per heavy atom. The van der Waals surface area contributed by atoms with Crippen molar-refractivity contribution in [1.29, 1.82) is 0 Å². The summed E-state index contributed by atoms with van der Waals surface area (Å²) in [6.07, 6.45) is 1.96. The summed E-state index contributed by atoms with van der Waals surface area (Å²) in [6, 6.07) is 1.68. The average Bonchev–Trinajstić information content (AvgIpc) is 3.75. The Labute approximate surface area is 249 Å². The number of ether oxygens (including phenoxy) is 3. The van der Waals surface area contributed by atoms with Crippen molar-refractivity contribution in [3.8, 4) is 0 Å². The zero-order valence-electron chi connectivity index (χ0n) is 24.7. The maximum atomic E-state index is 11.6. The molecule has 5 rings (SSSR count). The minimum atomic E-state index is -1.08. The Bertz CT molecular complexity index is 1350. The van der Waals surface area contributed by atoms with Crippen LogP contribution in [-0.4, -0.2) is 92.1 Å². The first kappa shape index (κ1) is 30.6. The zero-order chi connectivity index (χ0) is 30.3. The molecule has 234 valence electrons. The molecule has 0 spiro atoms. The van der Waals surface area contributed by atoms with Crippen molar-refractivity contribution >= 4 is 35.9 Å². The van der Waals surface area contributed by atoms with Crippen LogP contribution in [0, 0.1) is 0 Å². The maximum Gasteiger partial charge on any atom is 0.293 e. The first-order chi connectivity index (χ1) is 21.0. The molecule has 5 heterocycles.